The van der Waals surface area contributed by atoms with Crippen molar-refractivity contribution in [1.82, 2.24) is 0 Å². The van der Waals surface area contributed by atoms with Crippen molar-refractivity contribution >= 4 is 17.6 Å². The van der Waals surface area contributed by atoms with Crippen molar-refractivity contribution in [2.24, 2.45) is 0 Å². The minimum Gasteiger partial charge on any atom is -0.486 e. The van der Waals surface area contributed by atoms with E-state index in [2.05, 4.69) is 5.32 Å². The summed E-state index contributed by atoms with van der Waals surface area (Å²) in [5.41, 5.74) is 1.12. The summed E-state index contributed by atoms with van der Waals surface area (Å²) < 4.78 is 28.9. The van der Waals surface area contributed by atoms with E-state index in [9.17, 15) is 14.0 Å². The number of rotatable bonds is 5. The van der Waals surface area contributed by atoms with Crippen LogP contribution < -0.4 is 14.8 Å². The first-order chi connectivity index (χ1) is 12.5. The third-order valence-electron chi connectivity index (χ3n) is 3.75. The Bertz CT molecular complexity index is 806. The van der Waals surface area contributed by atoms with E-state index in [1.165, 1.54) is 31.2 Å². The predicted octanol–water partition coefficient (Wildman–Crippen LogP) is 2.71. The minimum absolute atomic E-state index is 0.0398. The molecule has 0 saturated heterocycles. The van der Waals surface area contributed by atoms with Gasteiger partial charge in [-0.1, -0.05) is 12.1 Å². The van der Waals surface area contributed by atoms with Crippen molar-refractivity contribution in [2.75, 3.05) is 18.5 Å². The molecule has 2 aromatic rings. The van der Waals surface area contributed by atoms with Crippen molar-refractivity contribution < 1.29 is 28.2 Å². The number of esters is 1. The second-order valence-electron chi connectivity index (χ2n) is 5.78. The monoisotopic (exact) mass is 359 g/mol. The fraction of sp³-hybridized carbons (Fsp3) is 0.263. The summed E-state index contributed by atoms with van der Waals surface area (Å²) in [6.45, 7) is 2.41. The molecule has 1 aliphatic rings. The summed E-state index contributed by atoms with van der Waals surface area (Å²) in [5, 5.41) is 2.67. The molecular weight excluding hydrogens is 341 g/mol. The largest absolute Gasteiger partial charge is 0.486 e. The van der Waals surface area contributed by atoms with Gasteiger partial charge in [0.25, 0.3) is 5.91 Å². The molecule has 3 rings (SSSR count). The molecule has 0 spiro atoms. The smallest absolute Gasteiger partial charge is 0.311 e. The number of ether oxygens (including phenoxy) is 3. The average molecular weight is 359 g/mol. The molecule has 0 radical (unpaired) electrons. The lowest BCUT2D eigenvalue weighted by molar-refractivity contribution is -0.152. The second-order valence-corrected chi connectivity index (χ2v) is 5.78. The molecular formula is C19H18FNO5. The third kappa shape index (κ3) is 4.50. The van der Waals surface area contributed by atoms with Crippen LogP contribution in [0.2, 0.25) is 0 Å². The minimum atomic E-state index is -0.976. The first kappa shape index (κ1) is 17.7. The number of amides is 1. The first-order valence-electron chi connectivity index (χ1n) is 8.16. The van der Waals surface area contributed by atoms with Gasteiger partial charge in [0, 0.05) is 11.8 Å². The lowest BCUT2D eigenvalue weighted by Crippen LogP contribution is -2.30. The van der Waals surface area contributed by atoms with Gasteiger partial charge in [0.15, 0.2) is 17.6 Å². The summed E-state index contributed by atoms with van der Waals surface area (Å²) in [7, 11) is 0. The van der Waals surface area contributed by atoms with Crippen LogP contribution in [0.1, 0.15) is 12.5 Å². The number of anilines is 1. The number of halogens is 1. The van der Waals surface area contributed by atoms with Gasteiger partial charge in [-0.25, -0.2) is 4.39 Å². The highest BCUT2D eigenvalue weighted by Gasteiger charge is 2.19. The van der Waals surface area contributed by atoms with Crippen molar-refractivity contribution in [2.45, 2.75) is 19.4 Å². The Morgan fingerprint density at radius 2 is 1.81 bits per heavy atom. The molecule has 0 aliphatic carbocycles. The van der Waals surface area contributed by atoms with E-state index < -0.39 is 18.0 Å². The highest BCUT2D eigenvalue weighted by molar-refractivity contribution is 5.95. The van der Waals surface area contributed by atoms with Crippen LogP contribution in [-0.2, 0) is 20.7 Å². The predicted molar refractivity (Wildman–Crippen MR) is 91.7 cm³/mol. The van der Waals surface area contributed by atoms with Crippen molar-refractivity contribution in [1.29, 1.82) is 0 Å². The standard InChI is InChI=1S/C19H18FNO5/c1-12(26-18(22)10-13-2-4-14(20)5-3-13)19(23)21-15-6-7-16-17(11-15)25-9-8-24-16/h2-7,11-12H,8-10H2,1H3,(H,21,23). The zero-order valence-electron chi connectivity index (χ0n) is 14.2. The molecule has 1 unspecified atom stereocenters. The number of carbonyl (C=O) groups excluding carboxylic acids is 2. The molecule has 1 N–H and O–H groups in total. The molecule has 0 saturated carbocycles. The Morgan fingerprint density at radius 1 is 1.12 bits per heavy atom. The van der Waals surface area contributed by atoms with Gasteiger partial charge in [-0.2, -0.15) is 0 Å². The van der Waals surface area contributed by atoms with Crippen LogP contribution in [0.4, 0.5) is 10.1 Å². The van der Waals surface area contributed by atoms with Crippen LogP contribution in [0.25, 0.3) is 0 Å². The normalized spacial score (nSPS) is 13.6. The van der Waals surface area contributed by atoms with Crippen molar-refractivity contribution in [3.8, 4) is 11.5 Å². The van der Waals surface area contributed by atoms with E-state index >= 15 is 0 Å². The summed E-state index contributed by atoms with van der Waals surface area (Å²) in [4.78, 5) is 24.1. The summed E-state index contributed by atoms with van der Waals surface area (Å²) in [5.74, 6) is -0.243. The molecule has 0 aromatic heterocycles. The Kier molecular flexibility index (Phi) is 5.36. The average Bonchev–Trinajstić information content (AvgIpc) is 2.63. The fourth-order valence-electron chi connectivity index (χ4n) is 2.43. The van der Waals surface area contributed by atoms with E-state index in [4.69, 9.17) is 14.2 Å². The number of hydrogen-bond donors (Lipinski definition) is 1. The highest BCUT2D eigenvalue weighted by Crippen LogP contribution is 2.32. The summed E-state index contributed by atoms with van der Waals surface area (Å²) >= 11 is 0. The number of nitrogens with one attached hydrogen (secondary N) is 1. The maximum Gasteiger partial charge on any atom is 0.311 e. The lowest BCUT2D eigenvalue weighted by Gasteiger charge is -2.19. The van der Waals surface area contributed by atoms with Crippen LogP contribution in [0.3, 0.4) is 0 Å². The molecule has 7 heteroatoms. The molecule has 1 aliphatic heterocycles. The zero-order chi connectivity index (χ0) is 18.5. The van der Waals surface area contributed by atoms with E-state index in [0.29, 0.717) is 36.0 Å². The molecule has 2 aromatic carbocycles. The lowest BCUT2D eigenvalue weighted by atomic mass is 10.1. The topological polar surface area (TPSA) is 73.9 Å². The first-order valence-corrected chi connectivity index (χ1v) is 8.16. The van der Waals surface area contributed by atoms with Gasteiger partial charge >= 0.3 is 5.97 Å². The van der Waals surface area contributed by atoms with E-state index in [-0.39, 0.29) is 12.2 Å². The summed E-state index contributed by atoms with van der Waals surface area (Å²) in [6.07, 6.45) is -1.02. The molecule has 26 heavy (non-hydrogen) atoms. The van der Waals surface area contributed by atoms with Crippen LogP contribution in [0.5, 0.6) is 11.5 Å². The molecule has 1 amide bonds. The Morgan fingerprint density at radius 3 is 2.54 bits per heavy atom. The van der Waals surface area contributed by atoms with Crippen molar-refractivity contribution in [3.63, 3.8) is 0 Å². The number of hydrogen-bond acceptors (Lipinski definition) is 5. The molecule has 0 fully saturated rings. The fourth-order valence-corrected chi connectivity index (χ4v) is 2.43. The Hall–Kier alpha value is -3.09. The number of fused-ring (bicyclic) bond motifs is 1. The molecule has 1 heterocycles. The van der Waals surface area contributed by atoms with Gasteiger partial charge < -0.3 is 19.5 Å². The quantitative estimate of drug-likeness (QED) is 0.831. The number of benzene rings is 2. The molecule has 136 valence electrons. The van der Waals surface area contributed by atoms with Crippen molar-refractivity contribution in [3.05, 3.63) is 53.8 Å². The Labute approximate surface area is 149 Å². The SMILES string of the molecule is CC(OC(=O)Cc1ccc(F)cc1)C(=O)Nc1ccc2c(c1)OCCO2. The zero-order valence-corrected chi connectivity index (χ0v) is 14.2. The second kappa shape index (κ2) is 7.86. The van der Waals surface area contributed by atoms with E-state index in [1.807, 2.05) is 0 Å². The maximum absolute atomic E-state index is 12.9. The van der Waals surface area contributed by atoms with Gasteiger partial charge in [-0.3, -0.25) is 9.59 Å². The highest BCUT2D eigenvalue weighted by atomic mass is 19.1. The van der Waals surface area contributed by atoms with Crippen LogP contribution >= 0.6 is 0 Å². The van der Waals surface area contributed by atoms with Gasteiger partial charge in [0.05, 0.1) is 6.42 Å². The molecule has 1 atom stereocenters. The van der Waals surface area contributed by atoms with Crippen LogP contribution in [-0.4, -0.2) is 31.2 Å². The van der Waals surface area contributed by atoms with E-state index in [0.717, 1.165) is 0 Å². The third-order valence-corrected chi connectivity index (χ3v) is 3.75. The molecule has 6 nitrogen and oxygen atoms in total. The maximum atomic E-state index is 12.9. The number of carbonyl (C=O) groups is 2. The van der Waals surface area contributed by atoms with E-state index in [1.54, 1.807) is 18.2 Å². The van der Waals surface area contributed by atoms with Gasteiger partial charge in [0.2, 0.25) is 0 Å². The van der Waals surface area contributed by atoms with Crippen LogP contribution in [0, 0.1) is 5.82 Å². The molecule has 0 bridgehead atoms. The van der Waals surface area contributed by atoms with Gasteiger partial charge in [0.1, 0.15) is 19.0 Å². The van der Waals surface area contributed by atoms with Crippen LogP contribution in [0.15, 0.2) is 42.5 Å². The van der Waals surface area contributed by atoms with Gasteiger partial charge in [-0.05, 0) is 36.8 Å². The Balaban J connectivity index is 1.54. The van der Waals surface area contributed by atoms with Gasteiger partial charge in [-0.15, -0.1) is 0 Å². The summed E-state index contributed by atoms with van der Waals surface area (Å²) in [6, 6.07) is 10.6.